The minimum absolute atomic E-state index is 0.165. The third-order valence-electron chi connectivity index (χ3n) is 3.35. The molecule has 0 saturated carbocycles. The Morgan fingerprint density at radius 3 is 2.67 bits per heavy atom. The highest BCUT2D eigenvalue weighted by atomic mass is 16.3. The Morgan fingerprint density at radius 2 is 1.94 bits per heavy atom. The van der Waals surface area contributed by atoms with Crippen LogP contribution in [0, 0.1) is 0 Å². The lowest BCUT2D eigenvalue weighted by Gasteiger charge is -2.15. The Kier molecular flexibility index (Phi) is 2.57. The molecule has 1 aromatic carbocycles. The number of H-pyrrole nitrogens is 1. The molecule has 1 aliphatic heterocycles. The van der Waals surface area contributed by atoms with Crippen LogP contribution in [0.1, 0.15) is 10.4 Å². The van der Waals surface area contributed by atoms with Crippen molar-refractivity contribution in [2.75, 3.05) is 13.1 Å². The first-order valence-electron chi connectivity index (χ1n) is 5.88. The minimum atomic E-state index is -0.844. The van der Waals surface area contributed by atoms with Gasteiger partial charge in [-0.2, -0.15) is 0 Å². The van der Waals surface area contributed by atoms with Crippen molar-refractivity contribution in [2.45, 2.75) is 12.2 Å². The normalized spacial score (nSPS) is 23.8. The molecule has 0 radical (unpaired) electrons. The number of likely N-dealkylation sites (tertiary alicyclic amines) is 1. The SMILES string of the molecule is O=C(c1ccc2cc[nH]c2c1)N1CC(O)C(O)C1. The van der Waals surface area contributed by atoms with Crippen LogP contribution in [0.5, 0.6) is 0 Å². The summed E-state index contributed by atoms with van der Waals surface area (Å²) in [6.07, 6.45) is 0.133. The van der Waals surface area contributed by atoms with Gasteiger partial charge in [-0.3, -0.25) is 4.79 Å². The van der Waals surface area contributed by atoms with Crippen LogP contribution in [0.15, 0.2) is 30.5 Å². The minimum Gasteiger partial charge on any atom is -0.388 e. The second-order valence-electron chi connectivity index (χ2n) is 4.62. The maximum absolute atomic E-state index is 12.2. The second-order valence-corrected chi connectivity index (χ2v) is 4.62. The van der Waals surface area contributed by atoms with Gasteiger partial charge in [0.05, 0.1) is 12.2 Å². The van der Waals surface area contributed by atoms with E-state index in [-0.39, 0.29) is 19.0 Å². The molecule has 2 heterocycles. The highest BCUT2D eigenvalue weighted by Crippen LogP contribution is 2.18. The summed E-state index contributed by atoms with van der Waals surface area (Å²) in [4.78, 5) is 16.7. The quantitative estimate of drug-likeness (QED) is 0.679. The summed E-state index contributed by atoms with van der Waals surface area (Å²) in [7, 11) is 0. The highest BCUT2D eigenvalue weighted by molar-refractivity contribution is 5.98. The molecule has 18 heavy (non-hydrogen) atoms. The molecule has 94 valence electrons. The smallest absolute Gasteiger partial charge is 0.254 e. The third-order valence-corrected chi connectivity index (χ3v) is 3.35. The zero-order valence-corrected chi connectivity index (χ0v) is 9.71. The van der Waals surface area contributed by atoms with E-state index < -0.39 is 12.2 Å². The largest absolute Gasteiger partial charge is 0.388 e. The van der Waals surface area contributed by atoms with Crippen molar-refractivity contribution in [1.82, 2.24) is 9.88 Å². The van der Waals surface area contributed by atoms with Gasteiger partial charge in [0.15, 0.2) is 0 Å². The van der Waals surface area contributed by atoms with E-state index >= 15 is 0 Å². The van der Waals surface area contributed by atoms with Crippen LogP contribution in [-0.2, 0) is 0 Å². The summed E-state index contributed by atoms with van der Waals surface area (Å²) in [5, 5.41) is 20.0. The predicted octanol–water partition coefficient (Wildman–Crippen LogP) is 0.346. The Bertz CT molecular complexity index is 583. The number of hydrogen-bond acceptors (Lipinski definition) is 3. The summed E-state index contributed by atoms with van der Waals surface area (Å²) in [6.45, 7) is 0.367. The number of amides is 1. The number of hydrogen-bond donors (Lipinski definition) is 3. The van der Waals surface area contributed by atoms with Crippen LogP contribution in [0.3, 0.4) is 0 Å². The van der Waals surface area contributed by atoms with Crippen LogP contribution in [-0.4, -0.2) is 51.3 Å². The fraction of sp³-hybridized carbons (Fsp3) is 0.308. The third kappa shape index (κ3) is 1.77. The molecule has 2 atom stereocenters. The van der Waals surface area contributed by atoms with Gasteiger partial charge in [-0.15, -0.1) is 0 Å². The van der Waals surface area contributed by atoms with E-state index in [2.05, 4.69) is 4.98 Å². The van der Waals surface area contributed by atoms with Crippen molar-refractivity contribution in [3.63, 3.8) is 0 Å². The number of β-amino-alcohol motifs (C(OH)–C–C–N with tert-alkyl or cyclic N) is 2. The maximum Gasteiger partial charge on any atom is 0.254 e. The van der Waals surface area contributed by atoms with E-state index in [1.807, 2.05) is 18.3 Å². The molecular formula is C13H14N2O3. The number of rotatable bonds is 1. The van der Waals surface area contributed by atoms with E-state index in [0.29, 0.717) is 5.56 Å². The standard InChI is InChI=1S/C13H14N2O3/c16-11-6-15(7-12(11)17)13(18)9-2-1-8-3-4-14-10(8)5-9/h1-5,11-12,14,16-17H,6-7H2. The molecule has 1 aromatic heterocycles. The summed E-state index contributed by atoms with van der Waals surface area (Å²) in [5.41, 5.74) is 1.47. The van der Waals surface area contributed by atoms with Gasteiger partial charge in [-0.05, 0) is 23.6 Å². The number of benzene rings is 1. The van der Waals surface area contributed by atoms with Gasteiger partial charge in [0.2, 0.25) is 0 Å². The predicted molar refractivity (Wildman–Crippen MR) is 66.2 cm³/mol. The number of aromatic nitrogens is 1. The summed E-state index contributed by atoms with van der Waals surface area (Å²) < 4.78 is 0. The van der Waals surface area contributed by atoms with Gasteiger partial charge in [0.1, 0.15) is 0 Å². The summed E-state index contributed by atoms with van der Waals surface area (Å²) >= 11 is 0. The van der Waals surface area contributed by atoms with Crippen LogP contribution in [0.4, 0.5) is 0 Å². The molecule has 5 nitrogen and oxygen atoms in total. The molecule has 2 aromatic rings. The number of aliphatic hydroxyl groups excluding tert-OH is 2. The summed E-state index contributed by atoms with van der Waals surface area (Å²) in [5.74, 6) is -0.165. The lowest BCUT2D eigenvalue weighted by Crippen LogP contribution is -2.29. The lowest BCUT2D eigenvalue weighted by molar-refractivity contribution is 0.0572. The Labute approximate surface area is 104 Å². The van der Waals surface area contributed by atoms with Gasteiger partial charge in [-0.25, -0.2) is 0 Å². The number of carbonyl (C=O) groups excluding carboxylic acids is 1. The van der Waals surface area contributed by atoms with E-state index in [0.717, 1.165) is 10.9 Å². The fourth-order valence-corrected chi connectivity index (χ4v) is 2.30. The number of nitrogens with one attached hydrogen (secondary N) is 1. The molecule has 0 bridgehead atoms. The molecule has 0 spiro atoms. The van der Waals surface area contributed by atoms with E-state index in [9.17, 15) is 15.0 Å². The highest BCUT2D eigenvalue weighted by Gasteiger charge is 2.32. The van der Waals surface area contributed by atoms with Crippen LogP contribution in [0.25, 0.3) is 10.9 Å². The first kappa shape index (κ1) is 11.3. The molecule has 0 aliphatic carbocycles. The average Bonchev–Trinajstić information content (AvgIpc) is 2.95. The van der Waals surface area contributed by atoms with Gasteiger partial charge in [0, 0.05) is 30.4 Å². The van der Waals surface area contributed by atoms with Crippen molar-refractivity contribution in [2.24, 2.45) is 0 Å². The van der Waals surface area contributed by atoms with E-state index in [1.54, 1.807) is 12.1 Å². The second kappa shape index (κ2) is 4.12. The van der Waals surface area contributed by atoms with Gasteiger partial charge < -0.3 is 20.1 Å². The van der Waals surface area contributed by atoms with Crippen molar-refractivity contribution in [3.05, 3.63) is 36.0 Å². The van der Waals surface area contributed by atoms with Crippen molar-refractivity contribution >= 4 is 16.8 Å². The van der Waals surface area contributed by atoms with Gasteiger partial charge >= 0.3 is 0 Å². The lowest BCUT2D eigenvalue weighted by atomic mass is 10.1. The zero-order valence-electron chi connectivity index (χ0n) is 9.71. The average molecular weight is 246 g/mol. The van der Waals surface area contributed by atoms with Crippen molar-refractivity contribution in [1.29, 1.82) is 0 Å². The molecule has 1 amide bonds. The molecule has 5 heteroatoms. The number of aliphatic hydroxyl groups is 2. The Morgan fingerprint density at radius 1 is 1.22 bits per heavy atom. The first-order valence-corrected chi connectivity index (χ1v) is 5.88. The first-order chi connectivity index (χ1) is 8.65. The van der Waals surface area contributed by atoms with E-state index in [1.165, 1.54) is 4.90 Å². The molecule has 2 unspecified atom stereocenters. The molecule has 1 saturated heterocycles. The van der Waals surface area contributed by atoms with Gasteiger partial charge in [0.25, 0.3) is 5.91 Å². The Hall–Kier alpha value is -1.85. The van der Waals surface area contributed by atoms with E-state index in [4.69, 9.17) is 0 Å². The number of aromatic amines is 1. The van der Waals surface area contributed by atoms with Crippen LogP contribution in [0.2, 0.25) is 0 Å². The maximum atomic E-state index is 12.2. The molecular weight excluding hydrogens is 232 g/mol. The van der Waals surface area contributed by atoms with Crippen molar-refractivity contribution < 1.29 is 15.0 Å². The zero-order chi connectivity index (χ0) is 12.7. The van der Waals surface area contributed by atoms with Gasteiger partial charge in [-0.1, -0.05) is 6.07 Å². The molecule has 1 fully saturated rings. The molecule has 3 N–H and O–H groups in total. The summed E-state index contributed by atoms with van der Waals surface area (Å²) in [6, 6.07) is 7.36. The monoisotopic (exact) mass is 246 g/mol. The molecule has 3 rings (SSSR count). The topological polar surface area (TPSA) is 76.6 Å². The van der Waals surface area contributed by atoms with Crippen LogP contribution >= 0.6 is 0 Å². The fourth-order valence-electron chi connectivity index (χ4n) is 2.30. The Balaban J connectivity index is 1.87. The number of nitrogens with zero attached hydrogens (tertiary/aromatic N) is 1. The van der Waals surface area contributed by atoms with Crippen molar-refractivity contribution in [3.8, 4) is 0 Å². The number of fused-ring (bicyclic) bond motifs is 1. The van der Waals surface area contributed by atoms with Crippen LogP contribution < -0.4 is 0 Å². The molecule has 1 aliphatic rings. The number of carbonyl (C=O) groups is 1.